The van der Waals surface area contributed by atoms with E-state index in [9.17, 15) is 0 Å². The summed E-state index contributed by atoms with van der Waals surface area (Å²) in [5, 5.41) is 0. The molecule has 0 saturated heterocycles. The van der Waals surface area contributed by atoms with Crippen LogP contribution in [0.1, 0.15) is 38.1 Å². The van der Waals surface area contributed by atoms with Gasteiger partial charge in [-0.05, 0) is 39.5 Å². The second-order valence-corrected chi connectivity index (χ2v) is 5.41. The van der Waals surface area contributed by atoms with Crippen LogP contribution in [0.15, 0.2) is 6.33 Å². The highest BCUT2D eigenvalue weighted by Crippen LogP contribution is 2.21. The monoisotopic (exact) mass is 237 g/mol. The summed E-state index contributed by atoms with van der Waals surface area (Å²) in [7, 11) is 1.71. The molecular formula is C13H23N3O. The topological polar surface area (TPSA) is 53.1 Å². The minimum absolute atomic E-state index is 0.0206. The van der Waals surface area contributed by atoms with E-state index >= 15 is 0 Å². The van der Waals surface area contributed by atoms with Gasteiger partial charge in [0.15, 0.2) is 0 Å². The van der Waals surface area contributed by atoms with Gasteiger partial charge in [-0.3, -0.25) is 0 Å². The Kier molecular flexibility index (Phi) is 3.54. The number of nitrogens with zero attached hydrogens (tertiary/aromatic N) is 2. The van der Waals surface area contributed by atoms with E-state index in [1.807, 2.05) is 20.2 Å². The van der Waals surface area contributed by atoms with Gasteiger partial charge in [-0.1, -0.05) is 0 Å². The zero-order valence-electron chi connectivity index (χ0n) is 11.1. The molecule has 0 spiro atoms. The molecule has 1 aromatic rings. The second kappa shape index (κ2) is 4.78. The lowest BCUT2D eigenvalue weighted by atomic mass is 9.98. The summed E-state index contributed by atoms with van der Waals surface area (Å²) >= 11 is 0. The molecule has 4 heteroatoms. The minimum Gasteiger partial charge on any atom is -0.377 e. The lowest BCUT2D eigenvalue weighted by molar-refractivity contribution is -0.00379. The van der Waals surface area contributed by atoms with Crippen LogP contribution in [0.4, 0.5) is 0 Å². The minimum atomic E-state index is -0.300. The van der Waals surface area contributed by atoms with Crippen LogP contribution in [0, 0.1) is 0 Å². The molecule has 4 nitrogen and oxygen atoms in total. The van der Waals surface area contributed by atoms with Crippen molar-refractivity contribution in [3.63, 3.8) is 0 Å². The van der Waals surface area contributed by atoms with Crippen molar-refractivity contribution >= 4 is 0 Å². The van der Waals surface area contributed by atoms with Crippen LogP contribution in [0.5, 0.6) is 0 Å². The number of fused-ring (bicyclic) bond motifs is 1. The van der Waals surface area contributed by atoms with Gasteiger partial charge in [0.1, 0.15) is 0 Å². The first-order valence-corrected chi connectivity index (χ1v) is 6.38. The fraction of sp³-hybridized carbons (Fsp3) is 0.769. The molecule has 1 aliphatic carbocycles. The maximum absolute atomic E-state index is 6.21. The maximum atomic E-state index is 6.21. The van der Waals surface area contributed by atoms with E-state index in [1.165, 1.54) is 24.2 Å². The highest BCUT2D eigenvalue weighted by Gasteiger charge is 2.27. The number of aryl methyl sites for hydroxylation is 1. The van der Waals surface area contributed by atoms with Crippen molar-refractivity contribution in [2.24, 2.45) is 5.73 Å². The fourth-order valence-corrected chi connectivity index (χ4v) is 2.27. The molecule has 0 bridgehead atoms. The van der Waals surface area contributed by atoms with Gasteiger partial charge in [0.2, 0.25) is 0 Å². The Bertz CT molecular complexity index is 384. The summed E-state index contributed by atoms with van der Waals surface area (Å²) in [5.41, 5.74) is 8.55. The summed E-state index contributed by atoms with van der Waals surface area (Å²) in [6.45, 7) is 4.84. The smallest absolute Gasteiger partial charge is 0.0952 e. The Labute approximate surface area is 103 Å². The fourth-order valence-electron chi connectivity index (χ4n) is 2.27. The molecule has 0 saturated carbocycles. The van der Waals surface area contributed by atoms with E-state index in [-0.39, 0.29) is 11.6 Å². The molecule has 2 rings (SSSR count). The van der Waals surface area contributed by atoms with Crippen LogP contribution in [-0.2, 0) is 24.1 Å². The SMILES string of the molecule is COC(C)(C)C(N)Cn1cnc2c1CCCC2. The molecule has 1 atom stereocenters. The second-order valence-electron chi connectivity index (χ2n) is 5.41. The summed E-state index contributed by atoms with van der Waals surface area (Å²) in [4.78, 5) is 4.48. The first kappa shape index (κ1) is 12.6. The van der Waals surface area contributed by atoms with Crippen LogP contribution < -0.4 is 5.73 Å². The first-order valence-electron chi connectivity index (χ1n) is 6.38. The molecule has 0 radical (unpaired) electrons. The molecule has 1 aromatic heterocycles. The molecule has 1 unspecified atom stereocenters. The Morgan fingerprint density at radius 3 is 2.88 bits per heavy atom. The van der Waals surface area contributed by atoms with Crippen molar-refractivity contribution in [1.82, 2.24) is 9.55 Å². The van der Waals surface area contributed by atoms with Crippen molar-refractivity contribution in [1.29, 1.82) is 0 Å². The predicted molar refractivity (Wildman–Crippen MR) is 67.9 cm³/mol. The number of hydrogen-bond acceptors (Lipinski definition) is 3. The molecule has 1 aliphatic rings. The Morgan fingerprint density at radius 1 is 1.47 bits per heavy atom. The van der Waals surface area contributed by atoms with Crippen LogP contribution in [0.2, 0.25) is 0 Å². The van der Waals surface area contributed by atoms with E-state index in [0.717, 1.165) is 19.4 Å². The number of ether oxygens (including phenoxy) is 1. The third-order valence-corrected chi connectivity index (χ3v) is 3.92. The summed E-state index contributed by atoms with van der Waals surface area (Å²) < 4.78 is 7.64. The van der Waals surface area contributed by atoms with Crippen LogP contribution in [0.25, 0.3) is 0 Å². The average molecular weight is 237 g/mol. The van der Waals surface area contributed by atoms with Crippen molar-refractivity contribution in [2.75, 3.05) is 7.11 Å². The highest BCUT2D eigenvalue weighted by atomic mass is 16.5. The summed E-state index contributed by atoms with van der Waals surface area (Å²) in [6.07, 6.45) is 6.71. The van der Waals surface area contributed by atoms with Crippen molar-refractivity contribution in [2.45, 2.75) is 57.7 Å². The molecular weight excluding hydrogens is 214 g/mol. The zero-order valence-corrected chi connectivity index (χ0v) is 11.1. The highest BCUT2D eigenvalue weighted by molar-refractivity contribution is 5.16. The number of methoxy groups -OCH3 is 1. The number of nitrogens with two attached hydrogens (primary N) is 1. The summed E-state index contributed by atoms with van der Waals surface area (Å²) in [6, 6.07) is -0.0206. The number of rotatable bonds is 4. The predicted octanol–water partition coefficient (Wildman–Crippen LogP) is 1.51. The lowest BCUT2D eigenvalue weighted by Crippen LogP contribution is -2.47. The number of imidazole rings is 1. The van der Waals surface area contributed by atoms with Gasteiger partial charge in [-0.25, -0.2) is 4.98 Å². The average Bonchev–Trinajstić information content (AvgIpc) is 2.73. The molecule has 0 aromatic carbocycles. The van der Waals surface area contributed by atoms with Gasteiger partial charge in [0, 0.05) is 19.3 Å². The van der Waals surface area contributed by atoms with E-state index < -0.39 is 0 Å². The zero-order chi connectivity index (χ0) is 12.5. The van der Waals surface area contributed by atoms with Gasteiger partial charge >= 0.3 is 0 Å². The number of hydrogen-bond donors (Lipinski definition) is 1. The largest absolute Gasteiger partial charge is 0.377 e. The standard InChI is InChI=1S/C13H23N3O/c1-13(2,17-3)12(14)8-16-9-15-10-6-4-5-7-11(10)16/h9,12H,4-8,14H2,1-3H3. The maximum Gasteiger partial charge on any atom is 0.0952 e. The molecule has 2 N–H and O–H groups in total. The van der Waals surface area contributed by atoms with Crippen molar-refractivity contribution in [3.05, 3.63) is 17.7 Å². The number of aromatic nitrogens is 2. The van der Waals surface area contributed by atoms with Gasteiger partial charge in [-0.15, -0.1) is 0 Å². The van der Waals surface area contributed by atoms with Gasteiger partial charge < -0.3 is 15.0 Å². The van der Waals surface area contributed by atoms with Crippen LogP contribution in [-0.4, -0.2) is 28.3 Å². The van der Waals surface area contributed by atoms with Crippen molar-refractivity contribution in [3.8, 4) is 0 Å². The Morgan fingerprint density at radius 2 is 2.18 bits per heavy atom. The normalized spacial score (nSPS) is 17.9. The molecule has 0 amide bonds. The molecule has 17 heavy (non-hydrogen) atoms. The van der Waals surface area contributed by atoms with Gasteiger partial charge in [-0.2, -0.15) is 0 Å². The van der Waals surface area contributed by atoms with Crippen molar-refractivity contribution < 1.29 is 4.74 Å². The van der Waals surface area contributed by atoms with Gasteiger partial charge in [0.25, 0.3) is 0 Å². The molecule has 0 fully saturated rings. The van der Waals surface area contributed by atoms with Crippen LogP contribution in [0.3, 0.4) is 0 Å². The summed E-state index contributed by atoms with van der Waals surface area (Å²) in [5.74, 6) is 0. The Balaban J connectivity index is 2.11. The third-order valence-electron chi connectivity index (χ3n) is 3.92. The molecule has 0 aliphatic heterocycles. The van der Waals surface area contributed by atoms with E-state index in [1.54, 1.807) is 7.11 Å². The Hall–Kier alpha value is -0.870. The van der Waals surface area contributed by atoms with E-state index in [2.05, 4.69) is 9.55 Å². The van der Waals surface area contributed by atoms with Crippen LogP contribution >= 0.6 is 0 Å². The van der Waals surface area contributed by atoms with Gasteiger partial charge in [0.05, 0.1) is 23.7 Å². The quantitative estimate of drug-likeness (QED) is 0.863. The third kappa shape index (κ3) is 2.53. The van der Waals surface area contributed by atoms with E-state index in [4.69, 9.17) is 10.5 Å². The van der Waals surface area contributed by atoms with E-state index in [0.29, 0.717) is 0 Å². The molecule has 96 valence electrons. The molecule has 1 heterocycles. The lowest BCUT2D eigenvalue weighted by Gasteiger charge is -2.31. The first-order chi connectivity index (χ1) is 8.04.